The summed E-state index contributed by atoms with van der Waals surface area (Å²) in [6, 6.07) is 15.1. The van der Waals surface area contributed by atoms with Gasteiger partial charge in [-0.2, -0.15) is 5.10 Å². The van der Waals surface area contributed by atoms with Gasteiger partial charge in [0, 0.05) is 12.8 Å². The number of carboxylic acid groups (broad SMARTS) is 1. The fourth-order valence-electron chi connectivity index (χ4n) is 2.82. The van der Waals surface area contributed by atoms with Crippen LogP contribution < -0.4 is 0 Å². The zero-order valence-electron chi connectivity index (χ0n) is 13.4. The number of carbonyl (C=O) groups is 2. The van der Waals surface area contributed by atoms with Crippen molar-refractivity contribution in [3.05, 3.63) is 71.5 Å². The smallest absolute Gasteiger partial charge is 0.303 e. The number of halogens is 1. The maximum atomic E-state index is 13.2. The Bertz CT molecular complexity index is 803. The molecule has 1 aliphatic rings. The molecule has 6 heteroatoms. The molecular formula is C19H17FN2O3. The van der Waals surface area contributed by atoms with Crippen LogP contribution in [-0.2, 0) is 9.59 Å². The molecule has 5 nitrogen and oxygen atoms in total. The summed E-state index contributed by atoms with van der Waals surface area (Å²) in [5.74, 6) is -1.74. The van der Waals surface area contributed by atoms with Crippen molar-refractivity contribution < 1.29 is 19.1 Å². The predicted octanol–water partition coefficient (Wildman–Crippen LogP) is 3.37. The van der Waals surface area contributed by atoms with Crippen molar-refractivity contribution in [3.8, 4) is 0 Å². The Morgan fingerprint density at radius 3 is 2.40 bits per heavy atom. The summed E-state index contributed by atoms with van der Waals surface area (Å²) >= 11 is 0. The van der Waals surface area contributed by atoms with Gasteiger partial charge in [0.2, 0.25) is 5.91 Å². The molecule has 2 aromatic carbocycles. The first-order valence-corrected chi connectivity index (χ1v) is 7.97. The molecule has 1 aliphatic heterocycles. The van der Waals surface area contributed by atoms with E-state index in [4.69, 9.17) is 5.11 Å². The van der Waals surface area contributed by atoms with Crippen molar-refractivity contribution in [1.82, 2.24) is 5.01 Å². The van der Waals surface area contributed by atoms with Gasteiger partial charge in [-0.3, -0.25) is 9.59 Å². The monoisotopic (exact) mass is 340 g/mol. The summed E-state index contributed by atoms with van der Waals surface area (Å²) in [5.41, 5.74) is 2.42. The Morgan fingerprint density at radius 1 is 1.08 bits per heavy atom. The maximum absolute atomic E-state index is 13.2. The lowest BCUT2D eigenvalue weighted by atomic mass is 9.98. The Balaban J connectivity index is 1.89. The van der Waals surface area contributed by atoms with E-state index in [1.807, 2.05) is 30.3 Å². The Kier molecular flexibility index (Phi) is 4.88. The van der Waals surface area contributed by atoms with E-state index in [1.54, 1.807) is 12.1 Å². The lowest BCUT2D eigenvalue weighted by Gasteiger charge is -2.21. The number of nitrogens with zero attached hydrogens (tertiary/aromatic N) is 2. The minimum atomic E-state index is -1.03. The lowest BCUT2D eigenvalue weighted by molar-refractivity contribution is -0.141. The average Bonchev–Trinajstić information content (AvgIpc) is 3.06. The largest absolute Gasteiger partial charge is 0.481 e. The van der Waals surface area contributed by atoms with E-state index in [0.29, 0.717) is 6.42 Å². The molecular weight excluding hydrogens is 323 g/mol. The summed E-state index contributed by atoms with van der Waals surface area (Å²) in [7, 11) is 0. The molecule has 1 heterocycles. The maximum Gasteiger partial charge on any atom is 0.303 e. The van der Waals surface area contributed by atoms with Crippen molar-refractivity contribution in [2.75, 3.05) is 0 Å². The molecule has 128 valence electrons. The molecule has 0 spiro atoms. The second-order valence-corrected chi connectivity index (χ2v) is 5.82. The molecule has 0 aliphatic carbocycles. The minimum absolute atomic E-state index is 0.126. The van der Waals surface area contributed by atoms with E-state index >= 15 is 0 Å². The van der Waals surface area contributed by atoms with Crippen LogP contribution in [0.3, 0.4) is 0 Å². The number of carbonyl (C=O) groups excluding carboxylic acids is 1. The Morgan fingerprint density at radius 2 is 1.76 bits per heavy atom. The van der Waals surface area contributed by atoms with Gasteiger partial charge in [-0.1, -0.05) is 42.5 Å². The molecule has 0 aromatic heterocycles. The van der Waals surface area contributed by atoms with Crippen molar-refractivity contribution in [1.29, 1.82) is 0 Å². The van der Waals surface area contributed by atoms with E-state index < -0.39 is 5.97 Å². The van der Waals surface area contributed by atoms with Crippen LogP contribution in [0.4, 0.5) is 4.39 Å². The standard InChI is InChI=1S/C19H17FN2O3/c20-15-8-6-14(7-9-15)17-12-16(13-4-2-1-3-5-13)21-22(17)18(23)10-11-19(24)25/h1-9,17H,10-12H2,(H,24,25)/t17-/m0/s1. The third-order valence-corrected chi connectivity index (χ3v) is 4.08. The SMILES string of the molecule is O=C(O)CCC(=O)N1N=C(c2ccccc2)C[C@H]1c1ccc(F)cc1. The van der Waals surface area contributed by atoms with Gasteiger partial charge >= 0.3 is 5.97 Å². The number of rotatable bonds is 5. The van der Waals surface area contributed by atoms with Crippen molar-refractivity contribution in [3.63, 3.8) is 0 Å². The molecule has 2 aromatic rings. The molecule has 0 unspecified atom stereocenters. The van der Waals surface area contributed by atoms with E-state index in [0.717, 1.165) is 16.8 Å². The van der Waals surface area contributed by atoms with E-state index in [2.05, 4.69) is 5.10 Å². The van der Waals surface area contributed by atoms with Crippen LogP contribution in [0.2, 0.25) is 0 Å². The molecule has 1 atom stereocenters. The number of aliphatic carboxylic acids is 1. The van der Waals surface area contributed by atoms with Gasteiger partial charge in [0.05, 0.1) is 18.2 Å². The third kappa shape index (κ3) is 3.91. The summed E-state index contributed by atoms with van der Waals surface area (Å²) in [5, 5.41) is 14.6. The molecule has 0 saturated heterocycles. The molecule has 3 rings (SSSR count). The van der Waals surface area contributed by atoms with Crippen LogP contribution >= 0.6 is 0 Å². The first-order valence-electron chi connectivity index (χ1n) is 7.97. The van der Waals surface area contributed by atoms with Gasteiger partial charge in [-0.15, -0.1) is 0 Å². The zero-order valence-corrected chi connectivity index (χ0v) is 13.4. The third-order valence-electron chi connectivity index (χ3n) is 4.08. The van der Waals surface area contributed by atoms with Crippen LogP contribution in [0.5, 0.6) is 0 Å². The van der Waals surface area contributed by atoms with Crippen LogP contribution in [0.1, 0.15) is 36.4 Å². The van der Waals surface area contributed by atoms with E-state index in [1.165, 1.54) is 17.1 Å². The molecule has 25 heavy (non-hydrogen) atoms. The van der Waals surface area contributed by atoms with Gasteiger partial charge < -0.3 is 5.11 Å². The Labute approximate surface area is 144 Å². The molecule has 1 N–H and O–H groups in total. The number of amides is 1. The van der Waals surface area contributed by atoms with Crippen LogP contribution in [0.15, 0.2) is 59.7 Å². The second-order valence-electron chi connectivity index (χ2n) is 5.82. The normalized spacial score (nSPS) is 16.6. The molecule has 0 radical (unpaired) electrons. The first kappa shape index (κ1) is 16.8. The number of carboxylic acids is 1. The predicted molar refractivity (Wildman–Crippen MR) is 90.5 cm³/mol. The van der Waals surface area contributed by atoms with Crippen LogP contribution in [0.25, 0.3) is 0 Å². The quantitative estimate of drug-likeness (QED) is 0.907. The number of benzene rings is 2. The molecule has 0 fully saturated rings. The fraction of sp³-hybridized carbons (Fsp3) is 0.211. The summed E-state index contributed by atoms with van der Waals surface area (Å²) in [6.45, 7) is 0. The van der Waals surface area contributed by atoms with Crippen molar-refractivity contribution in [2.45, 2.75) is 25.3 Å². The molecule has 0 saturated carbocycles. The second kappa shape index (κ2) is 7.25. The first-order chi connectivity index (χ1) is 12.0. The summed E-state index contributed by atoms with van der Waals surface area (Å²) in [6.07, 6.45) is 0.120. The van der Waals surface area contributed by atoms with Gasteiger partial charge in [0.1, 0.15) is 5.82 Å². The number of hydrazone groups is 1. The lowest BCUT2D eigenvalue weighted by Crippen LogP contribution is -2.27. The minimum Gasteiger partial charge on any atom is -0.481 e. The van der Waals surface area contributed by atoms with E-state index in [9.17, 15) is 14.0 Å². The van der Waals surface area contributed by atoms with E-state index in [-0.39, 0.29) is 30.6 Å². The fourth-order valence-corrected chi connectivity index (χ4v) is 2.82. The highest BCUT2D eigenvalue weighted by Crippen LogP contribution is 2.33. The highest BCUT2D eigenvalue weighted by molar-refractivity contribution is 6.03. The number of hydrogen-bond acceptors (Lipinski definition) is 3. The Hall–Kier alpha value is -3.02. The topological polar surface area (TPSA) is 70.0 Å². The highest BCUT2D eigenvalue weighted by Gasteiger charge is 2.32. The van der Waals surface area contributed by atoms with Crippen LogP contribution in [0, 0.1) is 5.82 Å². The van der Waals surface area contributed by atoms with Gasteiger partial charge in [-0.05, 0) is 23.3 Å². The van der Waals surface area contributed by atoms with Crippen molar-refractivity contribution >= 4 is 17.6 Å². The zero-order chi connectivity index (χ0) is 17.8. The molecule has 1 amide bonds. The highest BCUT2D eigenvalue weighted by atomic mass is 19.1. The summed E-state index contributed by atoms with van der Waals surface area (Å²) in [4.78, 5) is 23.2. The van der Waals surface area contributed by atoms with Gasteiger partial charge in [0.25, 0.3) is 0 Å². The average molecular weight is 340 g/mol. The number of hydrogen-bond donors (Lipinski definition) is 1. The van der Waals surface area contributed by atoms with Gasteiger partial charge in [0.15, 0.2) is 0 Å². The van der Waals surface area contributed by atoms with Crippen molar-refractivity contribution in [2.24, 2.45) is 5.10 Å². The summed E-state index contributed by atoms with van der Waals surface area (Å²) < 4.78 is 13.2. The molecule has 0 bridgehead atoms. The van der Waals surface area contributed by atoms with Crippen LogP contribution in [-0.4, -0.2) is 27.7 Å². The van der Waals surface area contributed by atoms with Gasteiger partial charge in [-0.25, -0.2) is 9.40 Å².